The van der Waals surface area contributed by atoms with Crippen LogP contribution >= 0.6 is 11.3 Å². The molecule has 5 rings (SSSR count). The fourth-order valence-electron chi connectivity index (χ4n) is 3.80. The first-order chi connectivity index (χ1) is 14.6. The second kappa shape index (κ2) is 7.42. The maximum absolute atomic E-state index is 13.5. The molecule has 7 heteroatoms. The van der Waals surface area contributed by atoms with Crippen LogP contribution in [0.15, 0.2) is 65.7 Å². The van der Waals surface area contributed by atoms with Crippen molar-refractivity contribution in [1.29, 1.82) is 0 Å². The van der Waals surface area contributed by atoms with Gasteiger partial charge in [0.1, 0.15) is 11.3 Å². The molecule has 4 aromatic heterocycles. The van der Waals surface area contributed by atoms with Crippen molar-refractivity contribution in [2.24, 2.45) is 0 Å². The Morgan fingerprint density at radius 1 is 1.10 bits per heavy atom. The van der Waals surface area contributed by atoms with Crippen LogP contribution in [-0.2, 0) is 13.1 Å². The van der Waals surface area contributed by atoms with Gasteiger partial charge in [0.2, 0.25) is 0 Å². The zero-order chi connectivity index (χ0) is 20.7. The molecule has 30 heavy (non-hydrogen) atoms. The maximum atomic E-state index is 13.5. The largest absolute Gasteiger partial charge is 0.497 e. The van der Waals surface area contributed by atoms with E-state index in [1.165, 1.54) is 9.56 Å². The van der Waals surface area contributed by atoms with Gasteiger partial charge in [0, 0.05) is 23.0 Å². The number of methoxy groups -OCH3 is 1. The van der Waals surface area contributed by atoms with Crippen LogP contribution in [0, 0.1) is 6.92 Å². The highest BCUT2D eigenvalue weighted by Gasteiger charge is 2.18. The number of pyridine rings is 1. The number of ether oxygens (including phenoxy) is 1. The lowest BCUT2D eigenvalue weighted by molar-refractivity contribution is 0.414. The van der Waals surface area contributed by atoms with Gasteiger partial charge in [-0.15, -0.1) is 11.3 Å². The Morgan fingerprint density at radius 3 is 2.80 bits per heavy atom. The molecule has 0 atom stereocenters. The smallest absolute Gasteiger partial charge is 0.291 e. The third kappa shape index (κ3) is 3.17. The second-order valence-electron chi connectivity index (χ2n) is 7.20. The number of aryl methyl sites for hydroxylation is 1. The van der Waals surface area contributed by atoms with Crippen molar-refractivity contribution in [2.75, 3.05) is 7.11 Å². The minimum atomic E-state index is -0.109. The molecule has 1 aromatic carbocycles. The second-order valence-corrected chi connectivity index (χ2v) is 8.46. The predicted octanol–water partition coefficient (Wildman–Crippen LogP) is 4.22. The van der Waals surface area contributed by atoms with E-state index in [4.69, 9.17) is 4.74 Å². The summed E-state index contributed by atoms with van der Waals surface area (Å²) in [5.74, 6) is 0.802. The van der Waals surface area contributed by atoms with Gasteiger partial charge in [0.05, 0.1) is 35.8 Å². The summed E-state index contributed by atoms with van der Waals surface area (Å²) in [7, 11) is 1.66. The molecule has 0 aliphatic rings. The van der Waals surface area contributed by atoms with Gasteiger partial charge in [-0.2, -0.15) is 5.10 Å². The van der Waals surface area contributed by atoms with E-state index in [-0.39, 0.29) is 5.56 Å². The number of hydrogen-bond acceptors (Lipinski definition) is 5. The van der Waals surface area contributed by atoms with Gasteiger partial charge in [-0.05, 0) is 42.8 Å². The lowest BCUT2D eigenvalue weighted by Gasteiger charge is -2.10. The average Bonchev–Trinajstić information content (AvgIpc) is 3.27. The summed E-state index contributed by atoms with van der Waals surface area (Å²) >= 11 is 1.69. The van der Waals surface area contributed by atoms with Crippen LogP contribution in [0.1, 0.15) is 16.1 Å². The summed E-state index contributed by atoms with van der Waals surface area (Å²) in [5.41, 5.74) is 3.50. The molecule has 0 aliphatic heterocycles. The van der Waals surface area contributed by atoms with Gasteiger partial charge < -0.3 is 9.30 Å². The first-order valence-corrected chi connectivity index (χ1v) is 10.5. The van der Waals surface area contributed by atoms with E-state index in [1.54, 1.807) is 30.8 Å². The number of benzene rings is 1. The van der Waals surface area contributed by atoms with Crippen LogP contribution in [0.4, 0.5) is 0 Å². The molecule has 4 heterocycles. The van der Waals surface area contributed by atoms with Gasteiger partial charge in [-0.1, -0.05) is 18.2 Å². The maximum Gasteiger partial charge on any atom is 0.291 e. The monoisotopic (exact) mass is 416 g/mol. The number of aromatic nitrogens is 4. The molecule has 0 spiro atoms. The van der Waals surface area contributed by atoms with E-state index < -0.39 is 0 Å². The Kier molecular flexibility index (Phi) is 4.59. The summed E-state index contributed by atoms with van der Waals surface area (Å²) in [4.78, 5) is 19.0. The lowest BCUT2D eigenvalue weighted by atomic mass is 10.2. The summed E-state index contributed by atoms with van der Waals surface area (Å²) in [5, 5.41) is 5.34. The van der Waals surface area contributed by atoms with E-state index in [0.717, 1.165) is 32.6 Å². The van der Waals surface area contributed by atoms with E-state index in [1.807, 2.05) is 42.5 Å². The molecule has 0 N–H and O–H groups in total. The van der Waals surface area contributed by atoms with Gasteiger partial charge in [0.15, 0.2) is 0 Å². The summed E-state index contributed by atoms with van der Waals surface area (Å²) < 4.78 is 10.1. The van der Waals surface area contributed by atoms with Gasteiger partial charge >= 0.3 is 0 Å². The molecule has 5 aromatic rings. The van der Waals surface area contributed by atoms with Crippen LogP contribution in [0.2, 0.25) is 0 Å². The highest BCUT2D eigenvalue weighted by atomic mass is 32.1. The number of thiophene rings is 1. The molecular formula is C23H20N4O2S. The van der Waals surface area contributed by atoms with Crippen molar-refractivity contribution >= 4 is 32.5 Å². The quantitative estimate of drug-likeness (QED) is 0.430. The normalized spacial score (nSPS) is 11.4. The standard InChI is InChI=1S/C23H20N4O2S/c1-15-10-20-22(30-15)19-12-25-27(14-17-7-3-4-9-24-17)23(28)21(19)26(20)13-16-6-5-8-18(11-16)29-2/h3-12H,13-14H2,1-2H3. The molecule has 0 bridgehead atoms. The fraction of sp³-hybridized carbons (Fsp3) is 0.174. The minimum absolute atomic E-state index is 0.109. The van der Waals surface area contributed by atoms with Crippen molar-refractivity contribution in [1.82, 2.24) is 19.3 Å². The Balaban J connectivity index is 1.69. The predicted molar refractivity (Wildman–Crippen MR) is 120 cm³/mol. The van der Waals surface area contributed by atoms with Gasteiger partial charge in [-0.25, -0.2) is 4.68 Å². The van der Waals surface area contributed by atoms with Crippen LogP contribution in [0.5, 0.6) is 5.75 Å². The van der Waals surface area contributed by atoms with Crippen LogP contribution in [0.25, 0.3) is 21.1 Å². The first kappa shape index (κ1) is 18.6. The number of fused-ring (bicyclic) bond motifs is 3. The minimum Gasteiger partial charge on any atom is -0.497 e. The molecule has 0 fully saturated rings. The summed E-state index contributed by atoms with van der Waals surface area (Å²) in [6.07, 6.45) is 3.53. The Hall–Kier alpha value is -3.45. The van der Waals surface area contributed by atoms with E-state index in [2.05, 4.69) is 27.6 Å². The van der Waals surface area contributed by atoms with Crippen molar-refractivity contribution in [3.63, 3.8) is 0 Å². The zero-order valence-corrected chi connectivity index (χ0v) is 17.5. The zero-order valence-electron chi connectivity index (χ0n) is 16.7. The average molecular weight is 417 g/mol. The number of rotatable bonds is 5. The number of hydrogen-bond donors (Lipinski definition) is 0. The fourth-order valence-corrected chi connectivity index (χ4v) is 4.82. The van der Waals surface area contributed by atoms with E-state index >= 15 is 0 Å². The van der Waals surface area contributed by atoms with Gasteiger partial charge in [-0.3, -0.25) is 9.78 Å². The molecule has 0 amide bonds. The highest BCUT2D eigenvalue weighted by Crippen LogP contribution is 2.34. The topological polar surface area (TPSA) is 61.9 Å². The molecule has 0 unspecified atom stereocenters. The van der Waals surface area contributed by atoms with Crippen molar-refractivity contribution in [2.45, 2.75) is 20.0 Å². The third-order valence-corrected chi connectivity index (χ3v) is 6.25. The first-order valence-electron chi connectivity index (χ1n) is 9.65. The van der Waals surface area contributed by atoms with Crippen LogP contribution in [0.3, 0.4) is 0 Å². The molecule has 0 aliphatic carbocycles. The number of nitrogens with zero attached hydrogens (tertiary/aromatic N) is 4. The van der Waals surface area contributed by atoms with E-state index in [9.17, 15) is 4.79 Å². The van der Waals surface area contributed by atoms with Crippen LogP contribution < -0.4 is 10.3 Å². The molecule has 0 radical (unpaired) electrons. The third-order valence-electron chi connectivity index (χ3n) is 5.17. The Bertz CT molecular complexity index is 1420. The highest BCUT2D eigenvalue weighted by molar-refractivity contribution is 7.20. The summed E-state index contributed by atoms with van der Waals surface area (Å²) in [6, 6.07) is 15.8. The van der Waals surface area contributed by atoms with Crippen LogP contribution in [-0.4, -0.2) is 26.4 Å². The van der Waals surface area contributed by atoms with Crippen molar-refractivity contribution in [3.05, 3.63) is 87.4 Å². The molecule has 150 valence electrons. The molecule has 6 nitrogen and oxygen atoms in total. The molecular weight excluding hydrogens is 396 g/mol. The van der Waals surface area contributed by atoms with Crippen molar-refractivity contribution in [3.8, 4) is 5.75 Å². The molecule has 0 saturated heterocycles. The SMILES string of the molecule is COc1cccc(Cn2c3cc(C)sc3c3cnn(Cc4ccccn4)c(=O)c32)c1. The van der Waals surface area contributed by atoms with Crippen molar-refractivity contribution < 1.29 is 4.74 Å². The molecule has 0 saturated carbocycles. The Labute approximate surface area is 177 Å². The van der Waals surface area contributed by atoms with E-state index in [0.29, 0.717) is 18.6 Å². The van der Waals surface area contributed by atoms with Gasteiger partial charge in [0.25, 0.3) is 5.56 Å². The Morgan fingerprint density at radius 2 is 2.00 bits per heavy atom. The lowest BCUT2D eigenvalue weighted by Crippen LogP contribution is -2.25. The summed E-state index contributed by atoms with van der Waals surface area (Å²) in [6.45, 7) is 3.00.